The Kier molecular flexibility index (Phi) is 6.16. The quantitative estimate of drug-likeness (QED) is 0.773. The minimum absolute atomic E-state index is 0.262. The van der Waals surface area contributed by atoms with Crippen LogP contribution in [0.5, 0.6) is 5.75 Å². The van der Waals surface area contributed by atoms with Gasteiger partial charge in [0.25, 0.3) is 5.91 Å². The van der Waals surface area contributed by atoms with E-state index in [2.05, 4.69) is 10.5 Å². The van der Waals surface area contributed by atoms with Gasteiger partial charge in [-0.25, -0.2) is 4.79 Å². The number of carbonyl (C=O) groups is 2. The van der Waals surface area contributed by atoms with Crippen LogP contribution in [0, 0.1) is 13.8 Å². The van der Waals surface area contributed by atoms with Gasteiger partial charge in [-0.2, -0.15) is 0 Å². The second kappa shape index (κ2) is 8.32. The Balaban J connectivity index is 1.80. The molecule has 0 saturated carbocycles. The van der Waals surface area contributed by atoms with Gasteiger partial charge in [-0.05, 0) is 44.9 Å². The van der Waals surface area contributed by atoms with E-state index in [9.17, 15) is 9.59 Å². The maximum atomic E-state index is 12.1. The lowest BCUT2D eigenvalue weighted by molar-refractivity contribution is -0.129. The molecule has 1 amide bonds. The normalized spacial score (nSPS) is 11.7. The molecule has 0 aliphatic carbocycles. The summed E-state index contributed by atoms with van der Waals surface area (Å²) in [4.78, 5) is 24.2. The molecule has 0 radical (unpaired) electrons. The van der Waals surface area contributed by atoms with E-state index in [1.165, 1.54) is 6.92 Å². The maximum Gasteiger partial charge on any atom is 0.344 e. The highest BCUT2D eigenvalue weighted by atomic mass is 16.5. The van der Waals surface area contributed by atoms with Crippen LogP contribution >= 0.6 is 0 Å². The molecule has 0 aliphatic heterocycles. The van der Waals surface area contributed by atoms with Gasteiger partial charge in [-0.1, -0.05) is 17.3 Å². The molecule has 0 spiro atoms. The van der Waals surface area contributed by atoms with E-state index in [1.54, 1.807) is 21.0 Å². The average molecular weight is 346 g/mol. The van der Waals surface area contributed by atoms with Crippen LogP contribution in [0.4, 0.5) is 0 Å². The van der Waals surface area contributed by atoms with Crippen molar-refractivity contribution in [2.75, 3.05) is 13.7 Å². The molecular formula is C18H22N2O5. The number of carbonyl (C=O) groups excluding carboxylic acids is 2. The molecule has 0 bridgehead atoms. The summed E-state index contributed by atoms with van der Waals surface area (Å²) in [5, 5.41) is 6.45. The Morgan fingerprint density at radius 2 is 1.92 bits per heavy atom. The van der Waals surface area contributed by atoms with Crippen LogP contribution in [-0.2, 0) is 16.0 Å². The molecule has 2 rings (SSSR count). The van der Waals surface area contributed by atoms with Crippen molar-refractivity contribution >= 4 is 11.9 Å². The second-order valence-electron chi connectivity index (χ2n) is 5.64. The third-order valence-corrected chi connectivity index (χ3v) is 3.76. The van der Waals surface area contributed by atoms with Gasteiger partial charge in [0.1, 0.15) is 17.1 Å². The van der Waals surface area contributed by atoms with Crippen molar-refractivity contribution in [2.45, 2.75) is 33.3 Å². The summed E-state index contributed by atoms with van der Waals surface area (Å²) >= 11 is 0. The van der Waals surface area contributed by atoms with Gasteiger partial charge in [-0.15, -0.1) is 0 Å². The van der Waals surface area contributed by atoms with E-state index in [0.717, 1.165) is 11.3 Å². The molecular weight excluding hydrogens is 324 g/mol. The fourth-order valence-electron chi connectivity index (χ4n) is 2.31. The van der Waals surface area contributed by atoms with E-state index >= 15 is 0 Å². The maximum absolute atomic E-state index is 12.1. The molecule has 2 aromatic rings. The zero-order chi connectivity index (χ0) is 18.4. The molecule has 134 valence electrons. The topological polar surface area (TPSA) is 90.7 Å². The summed E-state index contributed by atoms with van der Waals surface area (Å²) in [5.74, 6) is 0.185. The minimum Gasteiger partial charge on any atom is -0.497 e. The first-order valence-corrected chi connectivity index (χ1v) is 7.97. The largest absolute Gasteiger partial charge is 0.497 e. The molecule has 0 aliphatic rings. The van der Waals surface area contributed by atoms with Gasteiger partial charge >= 0.3 is 5.97 Å². The zero-order valence-corrected chi connectivity index (χ0v) is 14.8. The lowest BCUT2D eigenvalue weighted by atomic mass is 10.1. The number of nitrogens with zero attached hydrogens (tertiary/aromatic N) is 1. The van der Waals surface area contributed by atoms with Gasteiger partial charge in [0, 0.05) is 6.54 Å². The molecule has 0 fully saturated rings. The van der Waals surface area contributed by atoms with Crippen LogP contribution < -0.4 is 10.1 Å². The Bertz CT molecular complexity index is 717. The molecule has 25 heavy (non-hydrogen) atoms. The predicted octanol–water partition coefficient (Wildman–Crippen LogP) is 2.20. The number of hydrogen-bond acceptors (Lipinski definition) is 6. The van der Waals surface area contributed by atoms with Crippen LogP contribution in [0.1, 0.15) is 34.3 Å². The van der Waals surface area contributed by atoms with Crippen LogP contribution in [0.3, 0.4) is 0 Å². The van der Waals surface area contributed by atoms with Crippen molar-refractivity contribution in [1.82, 2.24) is 10.5 Å². The smallest absolute Gasteiger partial charge is 0.344 e. The Labute approximate surface area is 146 Å². The van der Waals surface area contributed by atoms with Crippen molar-refractivity contribution in [3.8, 4) is 5.75 Å². The summed E-state index contributed by atoms with van der Waals surface area (Å²) in [5.41, 5.74) is 1.77. The third-order valence-electron chi connectivity index (χ3n) is 3.76. The summed E-state index contributed by atoms with van der Waals surface area (Å²) in [7, 11) is 1.61. The van der Waals surface area contributed by atoms with Gasteiger partial charge < -0.3 is 19.3 Å². The van der Waals surface area contributed by atoms with Gasteiger partial charge in [-0.3, -0.25) is 4.79 Å². The summed E-state index contributed by atoms with van der Waals surface area (Å²) < 4.78 is 15.2. The zero-order valence-electron chi connectivity index (χ0n) is 14.8. The van der Waals surface area contributed by atoms with E-state index < -0.39 is 12.1 Å². The number of nitrogens with one attached hydrogen (secondary N) is 1. The summed E-state index contributed by atoms with van der Waals surface area (Å²) in [6.07, 6.45) is -0.239. The number of ether oxygens (including phenoxy) is 2. The molecule has 0 unspecified atom stereocenters. The number of amides is 1. The highest BCUT2D eigenvalue weighted by molar-refractivity contribution is 5.93. The van der Waals surface area contributed by atoms with E-state index in [1.807, 2.05) is 24.3 Å². The van der Waals surface area contributed by atoms with Crippen LogP contribution in [0.15, 0.2) is 28.8 Å². The van der Waals surface area contributed by atoms with E-state index in [4.69, 9.17) is 14.0 Å². The highest BCUT2D eigenvalue weighted by Gasteiger charge is 2.23. The standard InChI is InChI=1S/C18H22N2O5/c1-11-16(12(2)25-20-11)18(22)24-13(3)17(21)19-10-9-14-5-7-15(23-4)8-6-14/h5-8,13H,9-10H2,1-4H3,(H,19,21)/t13-/m1/s1. The third kappa shape index (κ3) is 4.82. The van der Waals surface area contributed by atoms with Crippen LogP contribution in [-0.4, -0.2) is 36.8 Å². The monoisotopic (exact) mass is 346 g/mol. The van der Waals surface area contributed by atoms with E-state index in [0.29, 0.717) is 24.4 Å². The van der Waals surface area contributed by atoms with Crippen LogP contribution in [0.2, 0.25) is 0 Å². The van der Waals surface area contributed by atoms with Gasteiger partial charge in [0.15, 0.2) is 6.10 Å². The van der Waals surface area contributed by atoms with Crippen molar-refractivity contribution in [3.63, 3.8) is 0 Å². The number of rotatable bonds is 7. The number of methoxy groups -OCH3 is 1. The van der Waals surface area contributed by atoms with Crippen molar-refractivity contribution in [1.29, 1.82) is 0 Å². The Morgan fingerprint density at radius 1 is 1.24 bits per heavy atom. The summed E-state index contributed by atoms with van der Waals surface area (Å²) in [6, 6.07) is 7.61. The number of hydrogen-bond donors (Lipinski definition) is 1. The Hall–Kier alpha value is -2.83. The first kappa shape index (κ1) is 18.5. The van der Waals surface area contributed by atoms with Gasteiger partial charge in [0.2, 0.25) is 0 Å². The number of aromatic nitrogens is 1. The molecule has 1 atom stereocenters. The number of benzene rings is 1. The number of esters is 1. The van der Waals surface area contributed by atoms with E-state index in [-0.39, 0.29) is 11.5 Å². The second-order valence-corrected chi connectivity index (χ2v) is 5.64. The van der Waals surface area contributed by atoms with Crippen LogP contribution in [0.25, 0.3) is 0 Å². The lowest BCUT2D eigenvalue weighted by Gasteiger charge is -2.13. The minimum atomic E-state index is -0.905. The van der Waals surface area contributed by atoms with Crippen molar-refractivity contribution in [2.24, 2.45) is 0 Å². The predicted molar refractivity (Wildman–Crippen MR) is 90.6 cm³/mol. The molecule has 7 nitrogen and oxygen atoms in total. The molecule has 1 N–H and O–H groups in total. The molecule has 1 aromatic carbocycles. The van der Waals surface area contributed by atoms with Crippen molar-refractivity contribution in [3.05, 3.63) is 46.8 Å². The summed E-state index contributed by atoms with van der Waals surface area (Å²) in [6.45, 7) is 5.24. The molecule has 1 aromatic heterocycles. The first-order chi connectivity index (χ1) is 11.9. The number of aryl methyl sites for hydroxylation is 2. The fourth-order valence-corrected chi connectivity index (χ4v) is 2.31. The SMILES string of the molecule is COc1ccc(CCNC(=O)[C@@H](C)OC(=O)c2c(C)noc2C)cc1. The fraction of sp³-hybridized carbons (Fsp3) is 0.389. The van der Waals surface area contributed by atoms with Gasteiger partial charge in [0.05, 0.1) is 12.8 Å². The first-order valence-electron chi connectivity index (χ1n) is 7.97. The Morgan fingerprint density at radius 3 is 2.48 bits per heavy atom. The lowest BCUT2D eigenvalue weighted by Crippen LogP contribution is -2.37. The van der Waals surface area contributed by atoms with Crippen molar-refractivity contribution < 1.29 is 23.6 Å². The molecule has 7 heteroatoms. The average Bonchev–Trinajstić information content (AvgIpc) is 2.94. The molecule has 0 saturated heterocycles. The molecule has 1 heterocycles. The highest BCUT2D eigenvalue weighted by Crippen LogP contribution is 2.14.